The molecule has 0 heterocycles. The highest BCUT2D eigenvalue weighted by molar-refractivity contribution is 6.31. The van der Waals surface area contributed by atoms with Crippen molar-refractivity contribution in [3.05, 3.63) is 34.9 Å². The summed E-state index contributed by atoms with van der Waals surface area (Å²) in [5.74, 6) is 0. The molecule has 0 saturated heterocycles. The normalized spacial score (nSPS) is 13.6. The molecule has 1 N–H and O–H groups in total. The van der Waals surface area contributed by atoms with Crippen LogP contribution in [0.1, 0.15) is 58.6 Å². The molecule has 0 aromatic heterocycles. The number of benzene rings is 1. The third-order valence-corrected chi connectivity index (χ3v) is 3.45. The van der Waals surface area contributed by atoms with Gasteiger partial charge in [-0.05, 0) is 42.9 Å². The molecule has 0 spiro atoms. The quantitative estimate of drug-likeness (QED) is 0.746. The van der Waals surface area contributed by atoms with Crippen LogP contribution in [-0.2, 0) is 0 Å². The van der Waals surface area contributed by atoms with Crippen LogP contribution < -0.4 is 5.32 Å². The average Bonchev–Trinajstić information content (AvgIpc) is 2.29. The first-order valence-electron chi connectivity index (χ1n) is 6.92. The summed E-state index contributed by atoms with van der Waals surface area (Å²) < 4.78 is 0. The molecule has 1 atom stereocenters. The van der Waals surface area contributed by atoms with Crippen molar-refractivity contribution < 1.29 is 0 Å². The lowest BCUT2D eigenvalue weighted by Crippen LogP contribution is -2.24. The predicted molar refractivity (Wildman–Crippen MR) is 81.2 cm³/mol. The maximum absolute atomic E-state index is 6.31. The van der Waals surface area contributed by atoms with Gasteiger partial charge in [-0.1, -0.05) is 57.5 Å². The van der Waals surface area contributed by atoms with Gasteiger partial charge in [0.2, 0.25) is 0 Å². The van der Waals surface area contributed by atoms with Crippen LogP contribution in [0.15, 0.2) is 24.3 Å². The van der Waals surface area contributed by atoms with Crippen LogP contribution in [0.2, 0.25) is 5.02 Å². The fourth-order valence-corrected chi connectivity index (χ4v) is 2.29. The Bertz CT molecular complexity index is 354. The van der Waals surface area contributed by atoms with Crippen molar-refractivity contribution in [2.24, 2.45) is 5.41 Å². The predicted octanol–water partition coefficient (Wildman–Crippen LogP) is 5.21. The van der Waals surface area contributed by atoms with E-state index in [0.29, 0.717) is 11.5 Å². The highest BCUT2D eigenvalue weighted by Gasteiger charge is 2.17. The lowest BCUT2D eigenvalue weighted by molar-refractivity contribution is 0.332. The molecule has 0 bridgehead atoms. The van der Waals surface area contributed by atoms with Gasteiger partial charge in [-0.25, -0.2) is 0 Å². The van der Waals surface area contributed by atoms with Crippen molar-refractivity contribution in [2.45, 2.75) is 53.0 Å². The number of hydrogen-bond acceptors (Lipinski definition) is 1. The van der Waals surface area contributed by atoms with Crippen LogP contribution in [-0.4, -0.2) is 6.54 Å². The van der Waals surface area contributed by atoms with Crippen LogP contribution in [0.5, 0.6) is 0 Å². The zero-order valence-corrected chi connectivity index (χ0v) is 12.8. The van der Waals surface area contributed by atoms with Gasteiger partial charge in [0.15, 0.2) is 0 Å². The van der Waals surface area contributed by atoms with E-state index in [4.69, 9.17) is 11.6 Å². The molecule has 1 aromatic rings. The Labute approximate surface area is 117 Å². The molecule has 1 nitrogen and oxygen atoms in total. The van der Waals surface area contributed by atoms with E-state index in [9.17, 15) is 0 Å². The molecule has 0 saturated carbocycles. The SMILES string of the molecule is CCCNC(CCC(C)(C)C)c1ccccc1Cl. The molecule has 18 heavy (non-hydrogen) atoms. The summed E-state index contributed by atoms with van der Waals surface area (Å²) in [7, 11) is 0. The molecule has 102 valence electrons. The molecule has 0 amide bonds. The van der Waals surface area contributed by atoms with E-state index in [-0.39, 0.29) is 0 Å². The summed E-state index contributed by atoms with van der Waals surface area (Å²) in [6.07, 6.45) is 3.48. The van der Waals surface area contributed by atoms with Crippen LogP contribution in [0, 0.1) is 5.41 Å². The Morgan fingerprint density at radius 2 is 1.89 bits per heavy atom. The Morgan fingerprint density at radius 3 is 2.44 bits per heavy atom. The van der Waals surface area contributed by atoms with Crippen LogP contribution in [0.25, 0.3) is 0 Å². The first kappa shape index (κ1) is 15.5. The van der Waals surface area contributed by atoms with Crippen molar-refractivity contribution in [1.82, 2.24) is 5.32 Å². The molecule has 0 radical (unpaired) electrons. The number of rotatable bonds is 6. The topological polar surface area (TPSA) is 12.0 Å². The maximum atomic E-state index is 6.31. The van der Waals surface area contributed by atoms with Gasteiger partial charge in [0.25, 0.3) is 0 Å². The lowest BCUT2D eigenvalue weighted by atomic mass is 9.87. The summed E-state index contributed by atoms with van der Waals surface area (Å²) in [6.45, 7) is 10.1. The molecule has 0 fully saturated rings. The fraction of sp³-hybridized carbons (Fsp3) is 0.625. The average molecular weight is 268 g/mol. The van der Waals surface area contributed by atoms with Crippen molar-refractivity contribution in [1.29, 1.82) is 0 Å². The summed E-state index contributed by atoms with van der Waals surface area (Å²) in [4.78, 5) is 0. The standard InChI is InChI=1S/C16H26ClN/c1-5-12-18-15(10-11-16(2,3)4)13-8-6-7-9-14(13)17/h6-9,15,18H,5,10-12H2,1-4H3. The zero-order chi connectivity index (χ0) is 13.6. The summed E-state index contributed by atoms with van der Waals surface area (Å²) in [5, 5.41) is 4.49. The highest BCUT2D eigenvalue weighted by Crippen LogP contribution is 2.30. The van der Waals surface area contributed by atoms with Crippen LogP contribution in [0.4, 0.5) is 0 Å². The molecule has 1 unspecified atom stereocenters. The Balaban J connectivity index is 2.75. The largest absolute Gasteiger partial charge is 0.310 e. The lowest BCUT2D eigenvalue weighted by Gasteiger charge is -2.25. The minimum absolute atomic E-state index is 0.368. The second-order valence-electron chi connectivity index (χ2n) is 6.13. The van der Waals surface area contributed by atoms with Crippen molar-refractivity contribution in [3.8, 4) is 0 Å². The number of nitrogens with one attached hydrogen (secondary N) is 1. The van der Waals surface area contributed by atoms with Gasteiger partial charge < -0.3 is 5.32 Å². The zero-order valence-electron chi connectivity index (χ0n) is 12.1. The van der Waals surface area contributed by atoms with E-state index in [1.165, 1.54) is 12.0 Å². The smallest absolute Gasteiger partial charge is 0.0453 e. The monoisotopic (exact) mass is 267 g/mol. The third kappa shape index (κ3) is 5.41. The molecular formula is C16H26ClN. The molecule has 1 aromatic carbocycles. The molecule has 1 rings (SSSR count). The van der Waals surface area contributed by atoms with E-state index in [1.807, 2.05) is 12.1 Å². The molecule has 2 heteroatoms. The minimum Gasteiger partial charge on any atom is -0.310 e. The summed E-state index contributed by atoms with van der Waals surface area (Å²) in [6, 6.07) is 8.55. The van der Waals surface area contributed by atoms with Gasteiger partial charge in [0.1, 0.15) is 0 Å². The van der Waals surface area contributed by atoms with Gasteiger partial charge >= 0.3 is 0 Å². The van der Waals surface area contributed by atoms with E-state index < -0.39 is 0 Å². The van der Waals surface area contributed by atoms with Gasteiger partial charge in [-0.3, -0.25) is 0 Å². The van der Waals surface area contributed by atoms with E-state index in [2.05, 4.69) is 45.1 Å². The maximum Gasteiger partial charge on any atom is 0.0453 e. The van der Waals surface area contributed by atoms with E-state index >= 15 is 0 Å². The minimum atomic E-state index is 0.368. The first-order valence-corrected chi connectivity index (χ1v) is 7.29. The van der Waals surface area contributed by atoms with Gasteiger partial charge in [0.05, 0.1) is 0 Å². The number of halogens is 1. The second-order valence-corrected chi connectivity index (χ2v) is 6.53. The molecular weight excluding hydrogens is 242 g/mol. The Morgan fingerprint density at radius 1 is 1.22 bits per heavy atom. The van der Waals surface area contributed by atoms with Crippen LogP contribution in [0.3, 0.4) is 0 Å². The summed E-state index contributed by atoms with van der Waals surface area (Å²) >= 11 is 6.31. The Hall–Kier alpha value is -0.530. The second kappa shape index (κ2) is 7.16. The molecule has 0 aliphatic carbocycles. The van der Waals surface area contributed by atoms with E-state index in [1.54, 1.807) is 0 Å². The van der Waals surface area contributed by atoms with Crippen LogP contribution >= 0.6 is 11.6 Å². The van der Waals surface area contributed by atoms with Crippen molar-refractivity contribution in [2.75, 3.05) is 6.54 Å². The van der Waals surface area contributed by atoms with Gasteiger partial charge in [0, 0.05) is 11.1 Å². The van der Waals surface area contributed by atoms with Crippen molar-refractivity contribution in [3.63, 3.8) is 0 Å². The third-order valence-electron chi connectivity index (χ3n) is 3.10. The Kier molecular flexibility index (Phi) is 6.17. The molecule has 0 aliphatic rings. The highest BCUT2D eigenvalue weighted by atomic mass is 35.5. The fourth-order valence-electron chi connectivity index (χ4n) is 2.02. The molecule has 0 aliphatic heterocycles. The number of hydrogen-bond donors (Lipinski definition) is 1. The van der Waals surface area contributed by atoms with E-state index in [0.717, 1.165) is 24.4 Å². The van der Waals surface area contributed by atoms with Gasteiger partial charge in [-0.2, -0.15) is 0 Å². The van der Waals surface area contributed by atoms with Crippen molar-refractivity contribution >= 4 is 11.6 Å². The first-order chi connectivity index (χ1) is 8.44. The summed E-state index contributed by atoms with van der Waals surface area (Å²) in [5.41, 5.74) is 1.60. The van der Waals surface area contributed by atoms with Gasteiger partial charge in [-0.15, -0.1) is 0 Å².